The van der Waals surface area contributed by atoms with Gasteiger partial charge in [-0.15, -0.1) is 0 Å². The van der Waals surface area contributed by atoms with Gasteiger partial charge in [0.1, 0.15) is 5.75 Å². The highest BCUT2D eigenvalue weighted by atomic mass is 35.5. The smallest absolute Gasteiger partial charge is 0.387 e. The number of nitrogens with zero attached hydrogens (tertiary/aromatic N) is 5. The molecular formula is C40H42Cl2F2N6O4. The lowest BCUT2D eigenvalue weighted by molar-refractivity contribution is -0.157. The summed E-state index contributed by atoms with van der Waals surface area (Å²) in [6.07, 6.45) is 3.15. The molecule has 0 aliphatic carbocycles. The molecule has 14 heteroatoms. The predicted molar refractivity (Wildman–Crippen MR) is 204 cm³/mol. The van der Waals surface area contributed by atoms with Crippen LogP contribution in [0.4, 0.5) is 8.78 Å². The van der Waals surface area contributed by atoms with Crippen LogP contribution < -0.4 is 14.8 Å². The molecule has 2 aromatic heterocycles. The lowest BCUT2D eigenvalue weighted by Gasteiger charge is -2.60. The number of alkyl halides is 2. The van der Waals surface area contributed by atoms with Crippen LogP contribution in [0.1, 0.15) is 37.8 Å². The maximum Gasteiger partial charge on any atom is 0.387 e. The molecule has 2 aromatic carbocycles. The molecule has 5 heterocycles. The summed E-state index contributed by atoms with van der Waals surface area (Å²) in [4.78, 5) is 38.7. The average molecular weight is 780 g/mol. The van der Waals surface area contributed by atoms with Crippen LogP contribution >= 0.6 is 23.2 Å². The molecule has 1 spiro atoms. The summed E-state index contributed by atoms with van der Waals surface area (Å²) < 4.78 is 37.9. The highest BCUT2D eigenvalue weighted by molar-refractivity contribution is 6.39. The van der Waals surface area contributed by atoms with E-state index < -0.39 is 6.61 Å². The highest BCUT2D eigenvalue weighted by Crippen LogP contribution is 2.44. The third-order valence-corrected chi connectivity index (χ3v) is 11.5. The number of rotatable bonds is 11. The van der Waals surface area contributed by atoms with E-state index in [1.54, 1.807) is 45.4 Å². The minimum atomic E-state index is -3.02. The van der Waals surface area contributed by atoms with Crippen molar-refractivity contribution in [3.63, 3.8) is 0 Å². The Bertz CT molecular complexity index is 2050. The van der Waals surface area contributed by atoms with E-state index >= 15 is 0 Å². The van der Waals surface area contributed by atoms with Gasteiger partial charge in [-0.1, -0.05) is 59.6 Å². The van der Waals surface area contributed by atoms with Gasteiger partial charge < -0.3 is 24.6 Å². The van der Waals surface area contributed by atoms with Crippen molar-refractivity contribution in [1.82, 2.24) is 30.0 Å². The maximum atomic E-state index is 13.6. The van der Waals surface area contributed by atoms with Gasteiger partial charge in [-0.05, 0) is 31.0 Å². The molecule has 0 atom stereocenters. The van der Waals surface area contributed by atoms with E-state index in [1.807, 2.05) is 40.1 Å². The van der Waals surface area contributed by atoms with Gasteiger partial charge in [0.25, 0.3) is 0 Å². The van der Waals surface area contributed by atoms with E-state index in [4.69, 9.17) is 37.7 Å². The second-order valence-electron chi connectivity index (χ2n) is 14.4. The summed E-state index contributed by atoms with van der Waals surface area (Å²) >= 11 is 14.1. The molecular weight excluding hydrogens is 737 g/mol. The van der Waals surface area contributed by atoms with Crippen molar-refractivity contribution in [2.45, 2.75) is 52.4 Å². The van der Waals surface area contributed by atoms with Crippen LogP contribution in [0.25, 0.3) is 33.6 Å². The maximum absolute atomic E-state index is 13.6. The Balaban J connectivity index is 1.09. The number of benzene rings is 2. The lowest BCUT2D eigenvalue weighted by atomic mass is 9.72. The number of amides is 2. The van der Waals surface area contributed by atoms with Crippen LogP contribution in [-0.4, -0.2) is 95.5 Å². The highest BCUT2D eigenvalue weighted by Gasteiger charge is 2.52. The SMILES string of the molecule is COc1nc(-c2cccc(-c3ccnc(-c4ccc(CNC5CCN(C(C)=O)CC5)c(OC(F)F)c4)c3Cl)c2Cl)ccc1CN1CC2(C1)CN(C(C)=O)C2. The van der Waals surface area contributed by atoms with E-state index in [0.717, 1.165) is 44.6 Å². The zero-order chi connectivity index (χ0) is 38.1. The molecule has 3 saturated heterocycles. The standard InChI is InChI=1S/C40H42Cl2F2N6O4/c1-24(51)49-15-12-29(13-16-49)46-18-27-8-7-26(17-34(27)54-39(43)44)37-36(42)31(11-14-45-37)30-5-4-6-32(35(30)41)33-10-9-28(38(47-33)53-3)19-48-20-40(21-48)22-50(23-40)25(2)52/h4-11,14,17,29,39,46H,12-13,15-16,18-23H2,1-3H3. The fraction of sp³-hybridized carbons (Fsp3) is 0.400. The monoisotopic (exact) mass is 778 g/mol. The number of piperidine rings is 1. The summed E-state index contributed by atoms with van der Waals surface area (Å²) in [6, 6.07) is 16.5. The van der Waals surface area contributed by atoms with Crippen LogP contribution in [0.2, 0.25) is 10.0 Å². The normalized spacial score (nSPS) is 17.0. The number of pyridine rings is 2. The Morgan fingerprint density at radius 2 is 1.59 bits per heavy atom. The first kappa shape index (κ1) is 37.9. The van der Waals surface area contributed by atoms with Gasteiger partial charge in [0.2, 0.25) is 17.7 Å². The molecule has 2 amide bonds. The first-order chi connectivity index (χ1) is 25.9. The van der Waals surface area contributed by atoms with Crippen LogP contribution in [0.5, 0.6) is 11.6 Å². The fourth-order valence-electron chi connectivity index (χ4n) is 7.85. The molecule has 7 rings (SSSR count). The van der Waals surface area contributed by atoms with E-state index in [2.05, 4.69) is 15.2 Å². The van der Waals surface area contributed by atoms with E-state index in [1.165, 1.54) is 6.07 Å². The zero-order valence-electron chi connectivity index (χ0n) is 30.4. The predicted octanol–water partition coefficient (Wildman–Crippen LogP) is 7.16. The van der Waals surface area contributed by atoms with Gasteiger partial charge in [-0.2, -0.15) is 8.78 Å². The molecule has 54 heavy (non-hydrogen) atoms. The molecule has 0 saturated carbocycles. The van der Waals surface area contributed by atoms with E-state index in [-0.39, 0.29) is 29.0 Å². The van der Waals surface area contributed by atoms with Crippen molar-refractivity contribution in [2.75, 3.05) is 46.4 Å². The first-order valence-electron chi connectivity index (χ1n) is 18.0. The van der Waals surface area contributed by atoms with Crippen molar-refractivity contribution in [3.05, 3.63) is 82.0 Å². The van der Waals surface area contributed by atoms with Gasteiger partial charge in [-0.3, -0.25) is 19.5 Å². The molecule has 10 nitrogen and oxygen atoms in total. The number of carbonyl (C=O) groups is 2. The van der Waals surface area contributed by atoms with Gasteiger partial charge >= 0.3 is 6.61 Å². The Morgan fingerprint density at radius 3 is 2.28 bits per heavy atom. The number of carbonyl (C=O) groups excluding carboxylic acids is 2. The van der Waals surface area contributed by atoms with Crippen molar-refractivity contribution in [1.29, 1.82) is 0 Å². The average Bonchev–Trinajstić information content (AvgIpc) is 3.11. The Labute approximate surface area is 323 Å². The fourth-order valence-corrected chi connectivity index (χ4v) is 8.50. The molecule has 4 aromatic rings. The summed E-state index contributed by atoms with van der Waals surface area (Å²) in [7, 11) is 1.60. The van der Waals surface area contributed by atoms with Crippen molar-refractivity contribution < 1.29 is 27.8 Å². The molecule has 0 unspecified atom stereocenters. The third-order valence-electron chi connectivity index (χ3n) is 10.7. The van der Waals surface area contributed by atoms with Gasteiger partial charge in [0.15, 0.2) is 0 Å². The number of hydrogen-bond acceptors (Lipinski definition) is 8. The van der Waals surface area contributed by atoms with Crippen molar-refractivity contribution >= 4 is 35.0 Å². The number of likely N-dealkylation sites (tertiary alicyclic amines) is 3. The van der Waals surface area contributed by atoms with Crippen LogP contribution in [0.3, 0.4) is 0 Å². The Morgan fingerprint density at radius 1 is 0.907 bits per heavy atom. The third kappa shape index (κ3) is 7.89. The minimum Gasteiger partial charge on any atom is -0.481 e. The summed E-state index contributed by atoms with van der Waals surface area (Å²) in [6.45, 7) is 5.94. The number of aromatic nitrogens is 2. The van der Waals surface area contributed by atoms with Crippen molar-refractivity contribution in [2.24, 2.45) is 5.41 Å². The molecule has 3 fully saturated rings. The molecule has 0 radical (unpaired) electrons. The van der Waals surface area contributed by atoms with E-state index in [9.17, 15) is 18.4 Å². The van der Waals surface area contributed by atoms with Gasteiger partial charge in [-0.25, -0.2) is 4.98 Å². The number of nitrogens with one attached hydrogen (secondary N) is 1. The van der Waals surface area contributed by atoms with E-state index in [0.29, 0.717) is 81.3 Å². The number of methoxy groups -OCH3 is 1. The minimum absolute atomic E-state index is 0.0271. The number of ether oxygens (including phenoxy) is 2. The lowest BCUT2D eigenvalue weighted by Crippen LogP contribution is -2.72. The quantitative estimate of drug-likeness (QED) is 0.171. The second-order valence-corrected chi connectivity index (χ2v) is 15.2. The summed E-state index contributed by atoms with van der Waals surface area (Å²) in [5, 5.41) is 4.16. The largest absolute Gasteiger partial charge is 0.481 e. The number of halogens is 4. The van der Waals surface area contributed by atoms with Crippen LogP contribution in [0, 0.1) is 5.41 Å². The topological polar surface area (TPSA) is 100 Å². The van der Waals surface area contributed by atoms with Gasteiger partial charge in [0.05, 0.1) is 28.5 Å². The molecule has 284 valence electrons. The second kappa shape index (κ2) is 15.8. The molecule has 3 aliphatic heterocycles. The van der Waals surface area contributed by atoms with Crippen molar-refractivity contribution in [3.8, 4) is 45.3 Å². The Hall–Kier alpha value is -4.36. The summed E-state index contributed by atoms with van der Waals surface area (Å²) in [5.74, 6) is 0.716. The molecule has 1 N–H and O–H groups in total. The molecule has 0 bridgehead atoms. The van der Waals surface area contributed by atoms with Crippen LogP contribution in [-0.2, 0) is 22.7 Å². The first-order valence-corrected chi connectivity index (χ1v) is 18.7. The summed E-state index contributed by atoms with van der Waals surface area (Å²) in [5.41, 5.74) is 5.21. The van der Waals surface area contributed by atoms with Crippen LogP contribution in [0.15, 0.2) is 60.8 Å². The Kier molecular flexibility index (Phi) is 11.1. The zero-order valence-corrected chi connectivity index (χ0v) is 31.9. The molecule has 3 aliphatic rings. The van der Waals surface area contributed by atoms with Gasteiger partial charge in [0, 0.05) is 117 Å². The number of hydrogen-bond donors (Lipinski definition) is 1.